The van der Waals surface area contributed by atoms with Crippen molar-refractivity contribution in [1.82, 2.24) is 4.72 Å². The second-order valence-corrected chi connectivity index (χ2v) is 3.80. The van der Waals surface area contributed by atoms with Crippen molar-refractivity contribution in [3.05, 3.63) is 0 Å². The van der Waals surface area contributed by atoms with Crippen LogP contribution in [0.3, 0.4) is 0 Å². The summed E-state index contributed by atoms with van der Waals surface area (Å²) in [5.74, 6) is -0.0753. The van der Waals surface area contributed by atoms with Crippen molar-refractivity contribution in [3.63, 3.8) is 0 Å². The number of Topliss-reactive ketones (excluding diaryl/α,β-unsaturated/α-hetero) is 1. The highest BCUT2D eigenvalue weighted by Gasteiger charge is 2.09. The second kappa shape index (κ2) is 3.80. The van der Waals surface area contributed by atoms with Crippen molar-refractivity contribution in [2.24, 2.45) is 5.14 Å². The third kappa shape index (κ3) is 7.44. The molecule has 0 bridgehead atoms. The lowest BCUT2D eigenvalue weighted by atomic mass is 10.2. The fourth-order valence-electron chi connectivity index (χ4n) is 0.753. The van der Waals surface area contributed by atoms with Gasteiger partial charge < -0.3 is 0 Å². The van der Waals surface area contributed by atoms with Crippen LogP contribution < -0.4 is 9.86 Å². The molecule has 1 atom stereocenters. The molecule has 0 spiro atoms. The zero-order valence-corrected chi connectivity index (χ0v) is 7.31. The number of carbonyl (C=O) groups excluding carboxylic acids is 1. The quantitative estimate of drug-likeness (QED) is 0.590. The third-order valence-corrected chi connectivity index (χ3v) is 1.69. The van der Waals surface area contributed by atoms with Gasteiger partial charge in [0.1, 0.15) is 5.78 Å². The van der Waals surface area contributed by atoms with Gasteiger partial charge in [-0.3, -0.25) is 4.79 Å². The largest absolute Gasteiger partial charge is 0.300 e. The van der Waals surface area contributed by atoms with Crippen LogP contribution in [0.2, 0.25) is 0 Å². The Morgan fingerprint density at radius 2 is 2.09 bits per heavy atom. The molecule has 11 heavy (non-hydrogen) atoms. The first-order valence-corrected chi connectivity index (χ1v) is 4.65. The van der Waals surface area contributed by atoms with E-state index in [1.165, 1.54) is 6.92 Å². The Labute approximate surface area is 66.1 Å². The molecule has 0 aliphatic heterocycles. The van der Waals surface area contributed by atoms with Gasteiger partial charge in [0.25, 0.3) is 10.2 Å². The lowest BCUT2D eigenvalue weighted by Crippen LogP contribution is -2.38. The van der Waals surface area contributed by atoms with Crippen molar-refractivity contribution in [2.75, 3.05) is 0 Å². The van der Waals surface area contributed by atoms with E-state index >= 15 is 0 Å². The SMILES string of the molecule is CC(=O)CC(C)NS(N)(=O)=O. The summed E-state index contributed by atoms with van der Waals surface area (Å²) in [6.07, 6.45) is 0.163. The van der Waals surface area contributed by atoms with Crippen molar-refractivity contribution >= 4 is 16.0 Å². The summed E-state index contributed by atoms with van der Waals surface area (Å²) in [4.78, 5) is 10.5. The molecule has 0 saturated carbocycles. The smallest absolute Gasteiger partial charge is 0.274 e. The molecule has 0 aliphatic carbocycles. The van der Waals surface area contributed by atoms with E-state index in [9.17, 15) is 13.2 Å². The molecule has 0 heterocycles. The van der Waals surface area contributed by atoms with Gasteiger partial charge in [0.2, 0.25) is 0 Å². The van der Waals surface area contributed by atoms with Crippen LogP contribution in [0.4, 0.5) is 0 Å². The van der Waals surface area contributed by atoms with Gasteiger partial charge in [0.15, 0.2) is 0 Å². The fourth-order valence-corrected chi connectivity index (χ4v) is 1.40. The molecule has 1 unspecified atom stereocenters. The maximum absolute atomic E-state index is 10.5. The van der Waals surface area contributed by atoms with E-state index in [2.05, 4.69) is 9.86 Å². The molecule has 5 nitrogen and oxygen atoms in total. The molecule has 0 aliphatic rings. The molecule has 0 fully saturated rings. The highest BCUT2D eigenvalue weighted by Crippen LogP contribution is 1.91. The van der Waals surface area contributed by atoms with Crippen LogP contribution in [0.5, 0.6) is 0 Å². The Hall–Kier alpha value is -0.460. The number of hydrogen-bond acceptors (Lipinski definition) is 3. The number of ketones is 1. The van der Waals surface area contributed by atoms with Gasteiger partial charge in [0, 0.05) is 12.5 Å². The van der Waals surface area contributed by atoms with E-state index < -0.39 is 16.3 Å². The van der Waals surface area contributed by atoms with Gasteiger partial charge in [-0.25, -0.2) is 5.14 Å². The molecule has 0 aromatic carbocycles. The molecule has 3 N–H and O–H groups in total. The molecule has 6 heteroatoms. The predicted octanol–water partition coefficient (Wildman–Crippen LogP) is -0.853. The van der Waals surface area contributed by atoms with Crippen molar-refractivity contribution in [2.45, 2.75) is 26.3 Å². The number of hydrogen-bond donors (Lipinski definition) is 2. The lowest BCUT2D eigenvalue weighted by Gasteiger charge is -2.08. The first kappa shape index (κ1) is 10.5. The summed E-state index contributed by atoms with van der Waals surface area (Å²) >= 11 is 0. The van der Waals surface area contributed by atoms with E-state index in [0.29, 0.717) is 0 Å². The fraction of sp³-hybridized carbons (Fsp3) is 0.800. The monoisotopic (exact) mass is 180 g/mol. The lowest BCUT2D eigenvalue weighted by molar-refractivity contribution is -0.117. The first-order valence-electron chi connectivity index (χ1n) is 3.11. The number of nitrogens with one attached hydrogen (secondary N) is 1. The van der Waals surface area contributed by atoms with E-state index in [4.69, 9.17) is 0 Å². The highest BCUT2D eigenvalue weighted by molar-refractivity contribution is 7.87. The van der Waals surface area contributed by atoms with Crippen LogP contribution >= 0.6 is 0 Å². The van der Waals surface area contributed by atoms with E-state index in [0.717, 1.165) is 0 Å². The van der Waals surface area contributed by atoms with Crippen LogP contribution in [0.15, 0.2) is 0 Å². The summed E-state index contributed by atoms with van der Waals surface area (Å²) in [6, 6.07) is -0.428. The Morgan fingerprint density at radius 1 is 1.64 bits per heavy atom. The van der Waals surface area contributed by atoms with Crippen LogP contribution in [0.1, 0.15) is 20.3 Å². The third-order valence-electron chi connectivity index (χ3n) is 0.959. The van der Waals surface area contributed by atoms with Gasteiger partial charge in [-0.2, -0.15) is 13.1 Å². The maximum Gasteiger partial charge on any atom is 0.274 e. The molecule has 0 aromatic rings. The van der Waals surface area contributed by atoms with Crippen molar-refractivity contribution < 1.29 is 13.2 Å². The molecule has 0 rings (SSSR count). The Bertz CT molecular complexity index is 234. The minimum atomic E-state index is -3.67. The van der Waals surface area contributed by atoms with Crippen LogP contribution in [0.25, 0.3) is 0 Å². The van der Waals surface area contributed by atoms with Crippen molar-refractivity contribution in [3.8, 4) is 0 Å². The predicted molar refractivity (Wildman–Crippen MR) is 41.0 cm³/mol. The Kier molecular flexibility index (Phi) is 3.64. The van der Waals surface area contributed by atoms with Crippen LogP contribution in [0, 0.1) is 0 Å². The molecule has 0 aromatic heterocycles. The average Bonchev–Trinajstić information content (AvgIpc) is 1.53. The van der Waals surface area contributed by atoms with Gasteiger partial charge in [-0.1, -0.05) is 0 Å². The normalized spacial score (nSPS) is 14.5. The zero-order chi connectivity index (χ0) is 9.07. The van der Waals surface area contributed by atoms with Gasteiger partial charge >= 0.3 is 0 Å². The molecular formula is C5H12N2O3S. The molecule has 0 saturated heterocycles. The minimum Gasteiger partial charge on any atom is -0.300 e. The Balaban J connectivity index is 3.89. The van der Waals surface area contributed by atoms with E-state index in [-0.39, 0.29) is 12.2 Å². The first-order chi connectivity index (χ1) is 4.81. The summed E-state index contributed by atoms with van der Waals surface area (Å²) in [5, 5.41) is 4.66. The summed E-state index contributed by atoms with van der Waals surface area (Å²) in [7, 11) is -3.67. The number of nitrogens with two attached hydrogens (primary N) is 1. The average molecular weight is 180 g/mol. The summed E-state index contributed by atoms with van der Waals surface area (Å²) in [6.45, 7) is 2.97. The number of carbonyl (C=O) groups is 1. The zero-order valence-electron chi connectivity index (χ0n) is 6.49. The van der Waals surface area contributed by atoms with Crippen LogP contribution in [-0.4, -0.2) is 20.2 Å². The maximum atomic E-state index is 10.5. The Morgan fingerprint density at radius 3 is 2.36 bits per heavy atom. The van der Waals surface area contributed by atoms with E-state index in [1.807, 2.05) is 0 Å². The summed E-state index contributed by atoms with van der Waals surface area (Å²) in [5.41, 5.74) is 0. The minimum absolute atomic E-state index is 0.0753. The highest BCUT2D eigenvalue weighted by atomic mass is 32.2. The topological polar surface area (TPSA) is 89.3 Å². The molecule has 0 radical (unpaired) electrons. The van der Waals surface area contributed by atoms with Gasteiger partial charge in [-0.15, -0.1) is 0 Å². The van der Waals surface area contributed by atoms with Gasteiger partial charge in [0.05, 0.1) is 0 Å². The van der Waals surface area contributed by atoms with E-state index in [1.54, 1.807) is 6.92 Å². The molecular weight excluding hydrogens is 168 g/mol. The second-order valence-electron chi connectivity index (χ2n) is 2.47. The van der Waals surface area contributed by atoms with Crippen LogP contribution in [-0.2, 0) is 15.0 Å². The number of rotatable bonds is 4. The molecule has 66 valence electrons. The molecule has 0 amide bonds. The summed E-state index contributed by atoms with van der Waals surface area (Å²) < 4.78 is 22.8. The van der Waals surface area contributed by atoms with Crippen molar-refractivity contribution in [1.29, 1.82) is 0 Å². The van der Waals surface area contributed by atoms with Gasteiger partial charge in [-0.05, 0) is 13.8 Å². The standard InChI is InChI=1S/C5H12N2O3S/c1-4(3-5(2)8)7-11(6,9)10/h4,7H,3H2,1-2H3,(H2,6,9,10).